The number of nitrogens with one attached hydrogen (secondary N) is 1. The molecule has 6 nitrogen and oxygen atoms in total. The molecule has 0 saturated heterocycles. The number of imidazole rings is 1. The lowest BCUT2D eigenvalue weighted by atomic mass is 10.1. The maximum absolute atomic E-state index is 12.4. The Morgan fingerprint density at radius 1 is 1.21 bits per heavy atom. The molecule has 0 spiro atoms. The van der Waals surface area contributed by atoms with Gasteiger partial charge in [0.05, 0.1) is 11.4 Å². The molecule has 29 heavy (non-hydrogen) atoms. The van der Waals surface area contributed by atoms with Gasteiger partial charge in [0.1, 0.15) is 13.2 Å². The molecule has 1 amide bonds. The predicted molar refractivity (Wildman–Crippen MR) is 113 cm³/mol. The smallest absolute Gasteiger partial charge is 0.230 e. The lowest BCUT2D eigenvalue weighted by molar-refractivity contribution is -0.118. The van der Waals surface area contributed by atoms with Gasteiger partial charge in [0.2, 0.25) is 5.91 Å². The molecule has 0 aliphatic carbocycles. The highest BCUT2D eigenvalue weighted by atomic mass is 32.2. The van der Waals surface area contributed by atoms with Gasteiger partial charge in [0, 0.05) is 24.5 Å². The largest absolute Gasteiger partial charge is 0.486 e. The average Bonchev–Trinajstić information content (AvgIpc) is 3.21. The van der Waals surface area contributed by atoms with Gasteiger partial charge in [-0.15, -0.1) is 0 Å². The number of hydrogen-bond donors (Lipinski definition) is 1. The quantitative estimate of drug-likeness (QED) is 0.630. The van der Waals surface area contributed by atoms with E-state index in [4.69, 9.17) is 9.47 Å². The summed E-state index contributed by atoms with van der Waals surface area (Å²) in [4.78, 5) is 16.8. The van der Waals surface area contributed by atoms with Gasteiger partial charge in [-0.3, -0.25) is 9.36 Å². The van der Waals surface area contributed by atoms with Crippen LogP contribution in [0.5, 0.6) is 11.5 Å². The van der Waals surface area contributed by atoms with Crippen LogP contribution in [0.4, 0.5) is 0 Å². The van der Waals surface area contributed by atoms with Crippen LogP contribution in [-0.4, -0.2) is 34.4 Å². The van der Waals surface area contributed by atoms with E-state index in [1.807, 2.05) is 29.0 Å². The van der Waals surface area contributed by atoms with Crippen LogP contribution in [0.3, 0.4) is 0 Å². The number of fused-ring (bicyclic) bond motifs is 1. The predicted octanol–water partition coefficient (Wildman–Crippen LogP) is 3.67. The van der Waals surface area contributed by atoms with Crippen LogP contribution in [0.2, 0.25) is 0 Å². The molecule has 150 valence electrons. The zero-order valence-electron chi connectivity index (χ0n) is 16.5. The van der Waals surface area contributed by atoms with Gasteiger partial charge in [-0.2, -0.15) is 0 Å². The first-order valence-corrected chi connectivity index (χ1v) is 10.5. The molecule has 0 unspecified atom stereocenters. The molecule has 1 aliphatic rings. The van der Waals surface area contributed by atoms with E-state index in [0.717, 1.165) is 33.5 Å². The van der Waals surface area contributed by atoms with Gasteiger partial charge in [-0.1, -0.05) is 36.0 Å². The Kier molecular flexibility index (Phi) is 5.76. The first kappa shape index (κ1) is 19.4. The number of carbonyl (C=O) groups is 1. The molecule has 0 saturated carbocycles. The highest BCUT2D eigenvalue weighted by Gasteiger charge is 2.16. The van der Waals surface area contributed by atoms with E-state index in [1.165, 1.54) is 17.3 Å². The minimum Gasteiger partial charge on any atom is -0.486 e. The molecule has 1 aliphatic heterocycles. The number of aromatic nitrogens is 2. The number of hydrogen-bond acceptors (Lipinski definition) is 5. The topological polar surface area (TPSA) is 65.4 Å². The summed E-state index contributed by atoms with van der Waals surface area (Å²) < 4.78 is 13.3. The number of benzene rings is 2. The molecule has 0 bridgehead atoms. The van der Waals surface area contributed by atoms with Crippen molar-refractivity contribution in [1.29, 1.82) is 0 Å². The molecule has 0 fully saturated rings. The monoisotopic (exact) mass is 409 g/mol. The van der Waals surface area contributed by atoms with E-state index in [2.05, 4.69) is 42.3 Å². The minimum atomic E-state index is -0.0557. The summed E-state index contributed by atoms with van der Waals surface area (Å²) in [6.45, 7) is 5.61. The fourth-order valence-corrected chi connectivity index (χ4v) is 4.00. The summed E-state index contributed by atoms with van der Waals surface area (Å²) in [5.74, 6) is 1.68. The minimum absolute atomic E-state index is 0.0557. The van der Waals surface area contributed by atoms with Crippen molar-refractivity contribution in [3.8, 4) is 17.2 Å². The van der Waals surface area contributed by atoms with E-state index in [9.17, 15) is 4.79 Å². The lowest BCUT2D eigenvalue weighted by Crippen LogP contribution is -2.26. The number of nitrogens with zero attached hydrogens (tertiary/aromatic N) is 2. The first-order valence-electron chi connectivity index (χ1n) is 9.50. The number of rotatable bonds is 6. The van der Waals surface area contributed by atoms with Gasteiger partial charge < -0.3 is 14.8 Å². The zero-order chi connectivity index (χ0) is 20.2. The molecular formula is C22H23N3O3S. The van der Waals surface area contributed by atoms with E-state index in [0.29, 0.717) is 19.8 Å². The maximum atomic E-state index is 12.4. The van der Waals surface area contributed by atoms with E-state index in [1.54, 1.807) is 6.20 Å². The third-order valence-electron chi connectivity index (χ3n) is 4.69. The van der Waals surface area contributed by atoms with Crippen molar-refractivity contribution in [3.63, 3.8) is 0 Å². The Hall–Kier alpha value is -2.93. The molecular weight excluding hydrogens is 386 g/mol. The summed E-state index contributed by atoms with van der Waals surface area (Å²) in [5.41, 5.74) is 4.34. The van der Waals surface area contributed by atoms with Crippen LogP contribution in [0, 0.1) is 13.8 Å². The SMILES string of the molecule is Cc1ccc(C)c(-n2ccnc2SCC(=O)NCc2cccc3c2OCCO3)c1. The third-order valence-corrected chi connectivity index (χ3v) is 5.65. The fourth-order valence-electron chi connectivity index (χ4n) is 3.21. The van der Waals surface area contributed by atoms with Crippen LogP contribution in [0.25, 0.3) is 5.69 Å². The molecule has 1 aromatic heterocycles. The number of para-hydroxylation sites is 1. The van der Waals surface area contributed by atoms with E-state index in [-0.39, 0.29) is 11.7 Å². The van der Waals surface area contributed by atoms with Crippen molar-refractivity contribution in [2.24, 2.45) is 0 Å². The van der Waals surface area contributed by atoms with Crippen LogP contribution in [0.15, 0.2) is 53.9 Å². The van der Waals surface area contributed by atoms with Gasteiger partial charge >= 0.3 is 0 Å². The molecule has 3 aromatic rings. The number of ether oxygens (including phenoxy) is 2. The summed E-state index contributed by atoms with van der Waals surface area (Å²) in [7, 11) is 0. The number of aryl methyl sites for hydroxylation is 2. The molecule has 0 radical (unpaired) electrons. The van der Waals surface area contributed by atoms with E-state index >= 15 is 0 Å². The molecule has 2 heterocycles. The normalized spacial score (nSPS) is 12.6. The number of thioether (sulfide) groups is 1. The highest BCUT2D eigenvalue weighted by Crippen LogP contribution is 2.33. The second-order valence-electron chi connectivity index (χ2n) is 6.88. The van der Waals surface area contributed by atoms with Crippen LogP contribution in [0.1, 0.15) is 16.7 Å². The zero-order valence-corrected chi connectivity index (χ0v) is 17.3. The molecule has 7 heteroatoms. The Bertz CT molecular complexity index is 1030. The lowest BCUT2D eigenvalue weighted by Gasteiger charge is -2.21. The van der Waals surface area contributed by atoms with Crippen molar-refractivity contribution in [2.45, 2.75) is 25.5 Å². The molecule has 1 N–H and O–H groups in total. The second-order valence-corrected chi connectivity index (χ2v) is 7.82. The molecule has 4 rings (SSSR count). The van der Waals surface area contributed by atoms with Gasteiger partial charge in [-0.25, -0.2) is 4.98 Å². The van der Waals surface area contributed by atoms with Crippen molar-refractivity contribution in [1.82, 2.24) is 14.9 Å². The number of carbonyl (C=O) groups excluding carboxylic acids is 1. The summed E-state index contributed by atoms with van der Waals surface area (Å²) in [5, 5.41) is 3.75. The van der Waals surface area contributed by atoms with Gasteiger partial charge in [0.25, 0.3) is 0 Å². The Labute approximate surface area is 174 Å². The second kappa shape index (κ2) is 8.61. The van der Waals surface area contributed by atoms with Crippen molar-refractivity contribution in [2.75, 3.05) is 19.0 Å². The van der Waals surface area contributed by atoms with Crippen LogP contribution < -0.4 is 14.8 Å². The summed E-state index contributed by atoms with van der Waals surface area (Å²) >= 11 is 1.42. The summed E-state index contributed by atoms with van der Waals surface area (Å²) in [6.07, 6.45) is 3.69. The van der Waals surface area contributed by atoms with Crippen LogP contribution in [-0.2, 0) is 11.3 Å². The standard InChI is InChI=1S/C22H23N3O3S/c1-15-6-7-16(2)18(12-15)25-9-8-23-22(25)29-14-20(26)24-13-17-4-3-5-19-21(17)28-11-10-27-19/h3-9,12H,10-11,13-14H2,1-2H3,(H,24,26). The van der Waals surface area contributed by atoms with Gasteiger partial charge in [0.15, 0.2) is 16.7 Å². The van der Waals surface area contributed by atoms with Crippen molar-refractivity contribution < 1.29 is 14.3 Å². The number of amides is 1. The Morgan fingerprint density at radius 2 is 2.07 bits per heavy atom. The Morgan fingerprint density at radius 3 is 2.97 bits per heavy atom. The third kappa shape index (κ3) is 4.40. The summed E-state index contributed by atoms with van der Waals surface area (Å²) in [6, 6.07) is 12.0. The molecule has 2 aromatic carbocycles. The Balaban J connectivity index is 1.38. The van der Waals surface area contributed by atoms with Crippen LogP contribution >= 0.6 is 11.8 Å². The van der Waals surface area contributed by atoms with Crippen molar-refractivity contribution in [3.05, 3.63) is 65.5 Å². The molecule has 0 atom stereocenters. The maximum Gasteiger partial charge on any atom is 0.230 e. The fraction of sp³-hybridized carbons (Fsp3) is 0.273. The first-order chi connectivity index (χ1) is 14.1. The average molecular weight is 410 g/mol. The van der Waals surface area contributed by atoms with Crippen molar-refractivity contribution >= 4 is 17.7 Å². The van der Waals surface area contributed by atoms with E-state index < -0.39 is 0 Å². The van der Waals surface area contributed by atoms with Gasteiger partial charge in [-0.05, 0) is 37.1 Å². The highest BCUT2D eigenvalue weighted by molar-refractivity contribution is 7.99.